The number of aromatic nitrogens is 4. The molecule has 4 aromatic rings. The quantitative estimate of drug-likeness (QED) is 0.510. The average Bonchev–Trinajstić information content (AvgIpc) is 3.19. The molecule has 0 spiro atoms. The van der Waals surface area contributed by atoms with Gasteiger partial charge in [0.2, 0.25) is 0 Å². The summed E-state index contributed by atoms with van der Waals surface area (Å²) in [6.45, 7) is 2.57. The van der Waals surface area contributed by atoms with Gasteiger partial charge >= 0.3 is 6.18 Å². The van der Waals surface area contributed by atoms with Crippen molar-refractivity contribution in [3.05, 3.63) is 81.3 Å². The summed E-state index contributed by atoms with van der Waals surface area (Å²) in [6, 6.07) is 12.2. The third kappa shape index (κ3) is 3.40. The molecule has 0 amide bonds. The zero-order valence-corrected chi connectivity index (χ0v) is 16.5. The Morgan fingerprint density at radius 1 is 1.10 bits per heavy atom. The largest absolute Gasteiger partial charge is 0.416 e. The van der Waals surface area contributed by atoms with Gasteiger partial charge in [0.1, 0.15) is 5.82 Å². The van der Waals surface area contributed by atoms with Gasteiger partial charge in [0, 0.05) is 16.5 Å². The third-order valence-electron chi connectivity index (χ3n) is 5.62. The van der Waals surface area contributed by atoms with Gasteiger partial charge in [0.15, 0.2) is 11.3 Å². The first kappa shape index (κ1) is 19.5. The zero-order valence-electron chi connectivity index (χ0n) is 16.5. The van der Waals surface area contributed by atoms with E-state index in [9.17, 15) is 18.0 Å². The minimum absolute atomic E-state index is 0.0714. The first-order valence-corrected chi connectivity index (χ1v) is 9.77. The molecule has 9 heteroatoms. The van der Waals surface area contributed by atoms with Gasteiger partial charge in [-0.15, -0.1) is 5.10 Å². The Balaban J connectivity index is 1.47. The maximum atomic E-state index is 12.8. The van der Waals surface area contributed by atoms with Gasteiger partial charge in [0.25, 0.3) is 0 Å². The maximum Gasteiger partial charge on any atom is 0.416 e. The standard InChI is InChI=1S/C22H18F3N5O/c1-12-19(27-16-5-3-2-4-15(16)20(12)31)21-28-18-10-26-17(11-30(18)29-21)13-6-8-14(9-7-13)22(23,24)25/h2-9,17,26H,10-11H2,1H3,(H,27,31). The molecule has 0 saturated carbocycles. The van der Waals surface area contributed by atoms with Crippen LogP contribution in [0, 0.1) is 6.92 Å². The van der Waals surface area contributed by atoms with Crippen molar-refractivity contribution in [2.75, 3.05) is 0 Å². The molecule has 0 fully saturated rings. The number of rotatable bonds is 2. The van der Waals surface area contributed by atoms with Crippen LogP contribution >= 0.6 is 0 Å². The lowest BCUT2D eigenvalue weighted by Gasteiger charge is -2.24. The lowest BCUT2D eigenvalue weighted by Crippen LogP contribution is -2.33. The summed E-state index contributed by atoms with van der Waals surface area (Å²) in [5.41, 5.74) is 1.81. The van der Waals surface area contributed by atoms with Gasteiger partial charge in [-0.05, 0) is 36.8 Å². The number of H-pyrrole nitrogens is 1. The van der Waals surface area contributed by atoms with E-state index in [-0.39, 0.29) is 11.5 Å². The molecule has 0 aliphatic carbocycles. The van der Waals surface area contributed by atoms with Crippen LogP contribution in [-0.2, 0) is 19.3 Å². The number of hydrogen-bond acceptors (Lipinski definition) is 4. The molecular weight excluding hydrogens is 407 g/mol. The van der Waals surface area contributed by atoms with E-state index in [1.807, 2.05) is 18.2 Å². The normalized spacial score (nSPS) is 16.5. The highest BCUT2D eigenvalue weighted by Crippen LogP contribution is 2.31. The van der Waals surface area contributed by atoms with E-state index in [1.165, 1.54) is 12.1 Å². The molecule has 2 aromatic heterocycles. The van der Waals surface area contributed by atoms with Gasteiger partial charge in [-0.25, -0.2) is 9.67 Å². The number of hydrogen-bond donors (Lipinski definition) is 2. The van der Waals surface area contributed by atoms with Crippen LogP contribution in [0.3, 0.4) is 0 Å². The summed E-state index contributed by atoms with van der Waals surface area (Å²) in [7, 11) is 0. The molecule has 0 saturated heterocycles. The van der Waals surface area contributed by atoms with Crippen molar-refractivity contribution in [2.45, 2.75) is 32.2 Å². The number of nitrogens with zero attached hydrogens (tertiary/aromatic N) is 3. The zero-order chi connectivity index (χ0) is 21.8. The number of alkyl halides is 3. The van der Waals surface area contributed by atoms with E-state index in [0.717, 1.165) is 17.7 Å². The summed E-state index contributed by atoms with van der Waals surface area (Å²) in [6.07, 6.45) is -4.36. The fourth-order valence-corrected chi connectivity index (χ4v) is 3.89. The highest BCUT2D eigenvalue weighted by Gasteiger charge is 2.31. The second-order valence-electron chi connectivity index (χ2n) is 7.59. The Bertz CT molecular complexity index is 1340. The lowest BCUT2D eigenvalue weighted by atomic mass is 10.0. The number of benzene rings is 2. The first-order valence-electron chi connectivity index (χ1n) is 9.77. The molecule has 1 unspecified atom stereocenters. The fraction of sp³-hybridized carbons (Fsp3) is 0.227. The monoisotopic (exact) mass is 425 g/mol. The van der Waals surface area contributed by atoms with E-state index in [2.05, 4.69) is 20.4 Å². The average molecular weight is 425 g/mol. The summed E-state index contributed by atoms with van der Waals surface area (Å²) >= 11 is 0. The molecule has 5 rings (SSSR count). The Morgan fingerprint density at radius 3 is 2.58 bits per heavy atom. The van der Waals surface area contributed by atoms with Crippen LogP contribution in [0.4, 0.5) is 13.2 Å². The predicted octanol–water partition coefficient (Wildman–Crippen LogP) is 3.96. The number of halogens is 3. The first-order chi connectivity index (χ1) is 14.8. The Labute approximate surface area is 174 Å². The van der Waals surface area contributed by atoms with Crippen molar-refractivity contribution in [3.8, 4) is 11.5 Å². The molecule has 2 N–H and O–H groups in total. The van der Waals surface area contributed by atoms with Crippen LogP contribution in [0.5, 0.6) is 0 Å². The number of fused-ring (bicyclic) bond motifs is 2. The predicted molar refractivity (Wildman–Crippen MR) is 109 cm³/mol. The second kappa shape index (κ2) is 7.05. The molecular formula is C22H18F3N5O. The van der Waals surface area contributed by atoms with Crippen LogP contribution < -0.4 is 10.7 Å². The van der Waals surface area contributed by atoms with Gasteiger partial charge in [0.05, 0.1) is 30.4 Å². The Morgan fingerprint density at radius 2 is 1.84 bits per heavy atom. The minimum atomic E-state index is -4.36. The van der Waals surface area contributed by atoms with Crippen molar-refractivity contribution in [2.24, 2.45) is 0 Å². The molecule has 6 nitrogen and oxygen atoms in total. The van der Waals surface area contributed by atoms with E-state index in [1.54, 1.807) is 17.7 Å². The Hall–Kier alpha value is -3.46. The molecule has 158 valence electrons. The van der Waals surface area contributed by atoms with E-state index in [4.69, 9.17) is 0 Å². The SMILES string of the molecule is Cc1c(-c2nc3n(n2)CC(c2ccc(C(F)(F)F)cc2)NC3)[nH]c2ccccc2c1=O. The van der Waals surface area contributed by atoms with Crippen LogP contribution in [0.1, 0.15) is 28.6 Å². The van der Waals surface area contributed by atoms with Gasteiger partial charge in [-0.3, -0.25) is 4.79 Å². The molecule has 1 aliphatic heterocycles. The van der Waals surface area contributed by atoms with Gasteiger partial charge < -0.3 is 10.3 Å². The summed E-state index contributed by atoms with van der Waals surface area (Å²) < 4.78 is 40.2. The van der Waals surface area contributed by atoms with Crippen molar-refractivity contribution >= 4 is 10.9 Å². The lowest BCUT2D eigenvalue weighted by molar-refractivity contribution is -0.137. The van der Waals surface area contributed by atoms with Crippen molar-refractivity contribution in [1.29, 1.82) is 0 Å². The fourth-order valence-electron chi connectivity index (χ4n) is 3.89. The highest BCUT2D eigenvalue weighted by molar-refractivity contribution is 5.82. The second-order valence-corrected chi connectivity index (χ2v) is 7.59. The summed E-state index contributed by atoms with van der Waals surface area (Å²) in [5.74, 6) is 1.12. The van der Waals surface area contributed by atoms with Crippen LogP contribution in [0.25, 0.3) is 22.4 Å². The molecule has 31 heavy (non-hydrogen) atoms. The molecule has 0 bridgehead atoms. The molecule has 0 radical (unpaired) electrons. The molecule has 3 heterocycles. The van der Waals surface area contributed by atoms with Crippen molar-refractivity contribution in [1.82, 2.24) is 25.1 Å². The third-order valence-corrected chi connectivity index (χ3v) is 5.62. The van der Waals surface area contributed by atoms with E-state index in [0.29, 0.717) is 46.9 Å². The van der Waals surface area contributed by atoms with Crippen LogP contribution in [-0.4, -0.2) is 19.7 Å². The summed E-state index contributed by atoms with van der Waals surface area (Å²) in [5, 5.41) is 8.48. The minimum Gasteiger partial charge on any atom is -0.351 e. The summed E-state index contributed by atoms with van der Waals surface area (Å²) in [4.78, 5) is 20.6. The molecule has 1 aliphatic rings. The van der Waals surface area contributed by atoms with Crippen molar-refractivity contribution in [3.63, 3.8) is 0 Å². The van der Waals surface area contributed by atoms with E-state index < -0.39 is 11.7 Å². The number of para-hydroxylation sites is 1. The van der Waals surface area contributed by atoms with Crippen molar-refractivity contribution < 1.29 is 13.2 Å². The number of nitrogens with one attached hydrogen (secondary N) is 2. The topological polar surface area (TPSA) is 75.6 Å². The Kier molecular flexibility index (Phi) is 4.44. The highest BCUT2D eigenvalue weighted by atomic mass is 19.4. The van der Waals surface area contributed by atoms with Crippen LogP contribution in [0.15, 0.2) is 53.3 Å². The smallest absolute Gasteiger partial charge is 0.351 e. The van der Waals surface area contributed by atoms with Gasteiger partial charge in [-0.2, -0.15) is 13.2 Å². The molecule has 1 atom stereocenters. The molecule has 2 aromatic carbocycles. The van der Waals surface area contributed by atoms with Gasteiger partial charge in [-0.1, -0.05) is 24.3 Å². The number of aromatic amines is 1. The maximum absolute atomic E-state index is 12.8. The van der Waals surface area contributed by atoms with Crippen LogP contribution in [0.2, 0.25) is 0 Å². The van der Waals surface area contributed by atoms with E-state index >= 15 is 0 Å². The number of pyridine rings is 1.